The molecule has 0 aliphatic carbocycles. The van der Waals surface area contributed by atoms with E-state index in [-0.39, 0.29) is 11.4 Å². The molecule has 1 aromatic heterocycles. The second-order valence-electron chi connectivity index (χ2n) is 4.47. The number of nitrogens with one attached hydrogen (secondary N) is 1. The molecule has 104 valence electrons. The summed E-state index contributed by atoms with van der Waals surface area (Å²) in [6.07, 6.45) is 3.67. The Bertz CT molecular complexity index is 479. The van der Waals surface area contributed by atoms with Crippen LogP contribution >= 0.6 is 0 Å². The third kappa shape index (κ3) is 3.08. The van der Waals surface area contributed by atoms with Crippen molar-refractivity contribution in [2.45, 2.75) is 26.3 Å². The third-order valence-corrected chi connectivity index (χ3v) is 3.15. The number of aromatic nitrogens is 2. The maximum atomic E-state index is 12.0. The van der Waals surface area contributed by atoms with Gasteiger partial charge in [0.1, 0.15) is 0 Å². The summed E-state index contributed by atoms with van der Waals surface area (Å²) >= 11 is 0. The largest absolute Gasteiger partial charge is 0.402 e. The van der Waals surface area contributed by atoms with E-state index in [1.165, 1.54) is 10.9 Å². The monoisotopic (exact) mass is 267 g/mol. The third-order valence-electron chi connectivity index (χ3n) is 3.15. The fraction of sp³-hybridized carbons (Fsp3) is 0.636. The van der Waals surface area contributed by atoms with Gasteiger partial charge in [-0.1, -0.05) is 0 Å². The molecule has 1 saturated heterocycles. The van der Waals surface area contributed by atoms with Gasteiger partial charge in [-0.25, -0.2) is 0 Å². The van der Waals surface area contributed by atoms with Crippen molar-refractivity contribution >= 4 is 11.7 Å². The van der Waals surface area contributed by atoms with Crippen LogP contribution in [0.3, 0.4) is 0 Å². The lowest BCUT2D eigenvalue weighted by molar-refractivity contribution is -0.390. The first-order valence-electron chi connectivity index (χ1n) is 6.34. The van der Waals surface area contributed by atoms with Crippen molar-refractivity contribution in [3.05, 3.63) is 21.9 Å². The normalized spacial score (nSPS) is 15.6. The van der Waals surface area contributed by atoms with Crippen molar-refractivity contribution in [2.24, 2.45) is 0 Å². The number of amides is 1. The van der Waals surface area contributed by atoms with Gasteiger partial charge in [0.2, 0.25) is 0 Å². The Morgan fingerprint density at radius 1 is 1.53 bits per heavy atom. The molecule has 1 amide bonds. The summed E-state index contributed by atoms with van der Waals surface area (Å²) in [5.74, 6) is -0.834. The van der Waals surface area contributed by atoms with Crippen LogP contribution in [0.15, 0.2) is 6.20 Å². The molecule has 2 rings (SSSR count). The summed E-state index contributed by atoms with van der Waals surface area (Å²) in [6, 6.07) is 0. The van der Waals surface area contributed by atoms with E-state index in [9.17, 15) is 14.9 Å². The smallest absolute Gasteiger partial charge is 0.358 e. The molecule has 0 spiro atoms. The van der Waals surface area contributed by atoms with Crippen LogP contribution in [-0.2, 0) is 6.54 Å². The lowest BCUT2D eigenvalue weighted by Crippen LogP contribution is -2.36. The van der Waals surface area contributed by atoms with E-state index in [1.54, 1.807) is 0 Å². The second-order valence-corrected chi connectivity index (χ2v) is 4.47. The van der Waals surface area contributed by atoms with E-state index >= 15 is 0 Å². The first kappa shape index (κ1) is 13.5. The van der Waals surface area contributed by atoms with Crippen molar-refractivity contribution < 1.29 is 9.72 Å². The van der Waals surface area contributed by atoms with Crippen LogP contribution in [0.5, 0.6) is 0 Å². The number of hydrogen-bond donors (Lipinski definition) is 1. The number of aryl methyl sites for hydroxylation is 1. The summed E-state index contributed by atoms with van der Waals surface area (Å²) < 4.78 is 1.39. The minimum absolute atomic E-state index is 0.0195. The van der Waals surface area contributed by atoms with Crippen molar-refractivity contribution in [2.75, 3.05) is 19.8 Å². The highest BCUT2D eigenvalue weighted by molar-refractivity contribution is 5.97. The minimum Gasteiger partial charge on any atom is -0.358 e. The van der Waals surface area contributed by atoms with Crippen LogP contribution in [-0.4, -0.2) is 45.3 Å². The zero-order valence-corrected chi connectivity index (χ0v) is 10.8. The number of nitrogens with zero attached hydrogens (tertiary/aromatic N) is 4. The molecule has 0 saturated carbocycles. The lowest BCUT2D eigenvalue weighted by atomic mass is 10.3. The lowest BCUT2D eigenvalue weighted by Gasteiger charge is -2.14. The average Bonchev–Trinajstić information content (AvgIpc) is 3.04. The molecule has 8 heteroatoms. The molecule has 0 unspecified atom stereocenters. The Hall–Kier alpha value is -1.96. The van der Waals surface area contributed by atoms with Crippen LogP contribution in [0, 0.1) is 10.1 Å². The fourth-order valence-electron chi connectivity index (χ4n) is 2.09. The summed E-state index contributed by atoms with van der Waals surface area (Å²) in [5.41, 5.74) is 0.0195. The maximum Gasteiger partial charge on any atom is 0.402 e. The maximum absolute atomic E-state index is 12.0. The van der Waals surface area contributed by atoms with Crippen LogP contribution in [0.25, 0.3) is 0 Å². The molecule has 0 bridgehead atoms. The van der Waals surface area contributed by atoms with Crippen molar-refractivity contribution in [3.63, 3.8) is 0 Å². The van der Waals surface area contributed by atoms with E-state index in [4.69, 9.17) is 0 Å². The Labute approximate surface area is 110 Å². The van der Waals surface area contributed by atoms with Gasteiger partial charge < -0.3 is 15.4 Å². The number of rotatable bonds is 5. The number of likely N-dealkylation sites (tertiary alicyclic amines) is 1. The number of carbonyl (C=O) groups is 1. The minimum atomic E-state index is -0.628. The molecule has 0 radical (unpaired) electrons. The van der Waals surface area contributed by atoms with Crippen LogP contribution < -0.4 is 5.32 Å². The van der Waals surface area contributed by atoms with Crippen LogP contribution in [0.1, 0.15) is 30.1 Å². The quantitative estimate of drug-likeness (QED) is 0.622. The van der Waals surface area contributed by atoms with Gasteiger partial charge in [-0.2, -0.15) is 4.68 Å². The molecule has 1 fully saturated rings. The van der Waals surface area contributed by atoms with E-state index < -0.39 is 10.8 Å². The van der Waals surface area contributed by atoms with Gasteiger partial charge in [0.05, 0.1) is 24.5 Å². The summed E-state index contributed by atoms with van der Waals surface area (Å²) in [4.78, 5) is 24.3. The number of hydrogen-bond acceptors (Lipinski definition) is 5. The van der Waals surface area contributed by atoms with Crippen molar-refractivity contribution in [1.29, 1.82) is 0 Å². The summed E-state index contributed by atoms with van der Waals surface area (Å²) in [7, 11) is 0. The number of nitro groups is 1. The van der Waals surface area contributed by atoms with Gasteiger partial charge >= 0.3 is 5.82 Å². The predicted molar refractivity (Wildman–Crippen MR) is 67.7 cm³/mol. The highest BCUT2D eigenvalue weighted by atomic mass is 16.6. The first-order valence-corrected chi connectivity index (χ1v) is 6.34. The molecule has 0 atom stereocenters. The molecule has 1 aliphatic heterocycles. The van der Waals surface area contributed by atoms with E-state index in [0.29, 0.717) is 13.2 Å². The van der Waals surface area contributed by atoms with Gasteiger partial charge in [0.25, 0.3) is 5.91 Å². The highest BCUT2D eigenvalue weighted by Crippen LogP contribution is 2.15. The van der Waals surface area contributed by atoms with Gasteiger partial charge in [-0.15, -0.1) is 0 Å². The van der Waals surface area contributed by atoms with Gasteiger partial charge in [0, 0.05) is 0 Å². The molecule has 0 aromatic carbocycles. The van der Waals surface area contributed by atoms with Crippen LogP contribution in [0.2, 0.25) is 0 Å². The molecule has 1 N–H and O–H groups in total. The van der Waals surface area contributed by atoms with E-state index in [0.717, 1.165) is 25.9 Å². The topological polar surface area (TPSA) is 93.3 Å². The average molecular weight is 267 g/mol. The Kier molecular flexibility index (Phi) is 4.10. The summed E-state index contributed by atoms with van der Waals surface area (Å²) in [6.45, 7) is 4.63. The SMILES string of the molecule is CCn1cc(C(=O)NCN2CCCC2)c([N+](=O)[O-])n1. The van der Waals surface area contributed by atoms with Gasteiger partial charge in [0.15, 0.2) is 5.56 Å². The molecule has 19 heavy (non-hydrogen) atoms. The Morgan fingerprint density at radius 3 is 2.79 bits per heavy atom. The number of carbonyl (C=O) groups excluding carboxylic acids is 1. The zero-order valence-electron chi connectivity index (χ0n) is 10.8. The Balaban J connectivity index is 2.04. The van der Waals surface area contributed by atoms with E-state index in [1.807, 2.05) is 6.92 Å². The summed E-state index contributed by atoms with van der Waals surface area (Å²) in [5, 5.41) is 17.3. The van der Waals surface area contributed by atoms with Gasteiger partial charge in [-0.3, -0.25) is 9.69 Å². The van der Waals surface area contributed by atoms with Crippen LogP contribution in [0.4, 0.5) is 5.82 Å². The molecule has 1 aliphatic rings. The molecule has 1 aromatic rings. The molecular weight excluding hydrogens is 250 g/mol. The standard InChI is InChI=1S/C11H17N5O3/c1-2-15-7-9(10(13-15)16(18)19)11(17)12-8-14-5-3-4-6-14/h7H,2-6,8H2,1H3,(H,12,17). The molecule has 8 nitrogen and oxygen atoms in total. The second kappa shape index (κ2) is 5.79. The molecular formula is C11H17N5O3. The Morgan fingerprint density at radius 2 is 2.21 bits per heavy atom. The first-order chi connectivity index (χ1) is 9.11. The van der Waals surface area contributed by atoms with E-state index in [2.05, 4.69) is 15.3 Å². The predicted octanol–water partition coefficient (Wildman–Crippen LogP) is 0.594. The van der Waals surface area contributed by atoms with Gasteiger partial charge in [-0.05, 0) is 37.8 Å². The zero-order chi connectivity index (χ0) is 13.8. The van der Waals surface area contributed by atoms with Crippen molar-refractivity contribution in [1.82, 2.24) is 20.0 Å². The fourth-order valence-corrected chi connectivity index (χ4v) is 2.09. The highest BCUT2D eigenvalue weighted by Gasteiger charge is 2.26. The molecule has 2 heterocycles. The van der Waals surface area contributed by atoms with Crippen molar-refractivity contribution in [3.8, 4) is 0 Å².